The number of alkyl halides is 9. The molecular formula is C30H18AlF9O6. The highest BCUT2D eigenvalue weighted by atomic mass is 27.3. The summed E-state index contributed by atoms with van der Waals surface area (Å²) in [6, 6.07) is 18.3. The molecule has 0 N–H and O–H groups in total. The van der Waals surface area contributed by atoms with Gasteiger partial charge in [0.05, 0.1) is 0 Å². The molecule has 0 aliphatic carbocycles. The van der Waals surface area contributed by atoms with Crippen molar-refractivity contribution >= 4 is 32.5 Å². The molecule has 3 aromatic carbocycles. The van der Waals surface area contributed by atoms with Crippen LogP contribution >= 0.6 is 0 Å². The van der Waals surface area contributed by atoms with Crippen molar-refractivity contribution in [3.8, 4) is 0 Å². The topological polar surface area (TPSA) is 78.9 Å². The summed E-state index contributed by atoms with van der Waals surface area (Å²) in [5, 5.41) is 0. The zero-order valence-electron chi connectivity index (χ0n) is 22.8. The molecule has 0 spiro atoms. The molecule has 0 aliphatic heterocycles. The average Bonchev–Trinajstić information content (AvgIpc) is 2.99. The summed E-state index contributed by atoms with van der Waals surface area (Å²) in [6.45, 7) is 0. The zero-order chi connectivity index (χ0) is 34.1. The Labute approximate surface area is 259 Å². The molecule has 0 aliphatic rings. The van der Waals surface area contributed by atoms with Crippen LogP contribution in [0.3, 0.4) is 0 Å². The van der Waals surface area contributed by atoms with Crippen LogP contribution in [0.25, 0.3) is 0 Å². The van der Waals surface area contributed by atoms with Crippen molar-refractivity contribution < 1.29 is 65.3 Å². The summed E-state index contributed by atoms with van der Waals surface area (Å²) in [7, 11) is 0. The van der Waals surface area contributed by atoms with Crippen LogP contribution in [-0.4, -0.2) is 51.0 Å². The van der Waals surface area contributed by atoms with Crippen molar-refractivity contribution in [2.45, 2.75) is 18.5 Å². The molecule has 3 rings (SSSR count). The second-order valence-electron chi connectivity index (χ2n) is 8.85. The lowest BCUT2D eigenvalue weighted by Gasteiger charge is -2.23. The molecule has 0 atom stereocenters. The van der Waals surface area contributed by atoms with E-state index in [1.54, 1.807) is 0 Å². The van der Waals surface area contributed by atoms with E-state index in [2.05, 4.69) is 11.4 Å². The van der Waals surface area contributed by atoms with E-state index < -0.39 is 68.3 Å². The van der Waals surface area contributed by atoms with Crippen molar-refractivity contribution in [1.82, 2.24) is 0 Å². The van der Waals surface area contributed by atoms with E-state index >= 15 is 0 Å². The van der Waals surface area contributed by atoms with E-state index in [1.807, 2.05) is 0 Å². The lowest BCUT2D eigenvalue weighted by atomic mass is 10.1. The third-order valence-electron chi connectivity index (χ3n) is 5.47. The van der Waals surface area contributed by atoms with Gasteiger partial charge in [-0.05, 0) is 0 Å². The van der Waals surface area contributed by atoms with Gasteiger partial charge in [-0.15, -0.1) is 0 Å². The molecule has 0 fully saturated rings. The Morgan fingerprint density at radius 1 is 0.435 bits per heavy atom. The summed E-state index contributed by atoms with van der Waals surface area (Å²) >= 11 is -5.49. The van der Waals surface area contributed by atoms with Gasteiger partial charge in [-0.25, -0.2) is 0 Å². The maximum absolute atomic E-state index is 13.9. The van der Waals surface area contributed by atoms with Crippen LogP contribution in [-0.2, 0) is 11.4 Å². The lowest BCUT2D eigenvalue weighted by molar-refractivity contribution is -0.140. The van der Waals surface area contributed by atoms with Gasteiger partial charge in [0.2, 0.25) is 0 Å². The minimum absolute atomic E-state index is 0.222. The number of ketones is 3. The summed E-state index contributed by atoms with van der Waals surface area (Å²) in [4.78, 5) is 37.4. The molecule has 0 saturated carbocycles. The molecule has 16 heteroatoms. The number of allylic oxidation sites excluding steroid dienone is 6. The van der Waals surface area contributed by atoms with Gasteiger partial charge < -0.3 is 11.4 Å². The highest BCUT2D eigenvalue weighted by Crippen LogP contribution is 2.34. The fraction of sp³-hybridized carbons (Fsp3) is 0.100. The molecule has 3 aromatic rings. The lowest BCUT2D eigenvalue weighted by Crippen LogP contribution is -2.36. The van der Waals surface area contributed by atoms with Crippen LogP contribution in [0, 0.1) is 0 Å². The second kappa shape index (κ2) is 15.0. The van der Waals surface area contributed by atoms with E-state index in [-0.39, 0.29) is 34.9 Å². The summed E-state index contributed by atoms with van der Waals surface area (Å²) in [6.07, 6.45) is -17.7. The first kappa shape index (κ1) is 35.7. The van der Waals surface area contributed by atoms with E-state index in [4.69, 9.17) is 0 Å². The molecule has 46 heavy (non-hydrogen) atoms. The number of carbonyl (C=O) groups excluding carboxylic acids is 3. The first-order valence-electron chi connectivity index (χ1n) is 12.6. The summed E-state index contributed by atoms with van der Waals surface area (Å²) < 4.78 is 139. The maximum atomic E-state index is 13.9. The zero-order valence-corrected chi connectivity index (χ0v) is 24.0. The molecule has 0 heterocycles. The molecule has 6 nitrogen and oxygen atoms in total. The van der Waals surface area contributed by atoms with Crippen molar-refractivity contribution in [2.75, 3.05) is 0 Å². The fourth-order valence-electron chi connectivity index (χ4n) is 3.35. The summed E-state index contributed by atoms with van der Waals surface area (Å²) in [5.74, 6) is -11.3. The average molecular weight is 672 g/mol. The smallest absolute Gasteiger partial charge is 0.574 e. The van der Waals surface area contributed by atoms with E-state index in [9.17, 15) is 53.9 Å². The van der Waals surface area contributed by atoms with Gasteiger partial charge in [-0.2, -0.15) is 39.5 Å². The number of hydrogen-bond acceptors (Lipinski definition) is 6. The van der Waals surface area contributed by atoms with Crippen LogP contribution in [0.15, 0.2) is 127 Å². The van der Waals surface area contributed by atoms with Gasteiger partial charge in [0.1, 0.15) is 0 Å². The molecule has 0 saturated heterocycles. The van der Waals surface area contributed by atoms with Gasteiger partial charge in [0, 0.05) is 34.9 Å². The van der Waals surface area contributed by atoms with Crippen molar-refractivity contribution in [3.05, 3.63) is 143 Å². The monoisotopic (exact) mass is 672 g/mol. The van der Waals surface area contributed by atoms with Crippen LogP contribution in [0.1, 0.15) is 31.1 Å². The van der Waals surface area contributed by atoms with Gasteiger partial charge in [0.25, 0.3) is 0 Å². The number of halogens is 9. The molecule has 240 valence electrons. The Hall–Kier alpha value is -4.81. The van der Waals surface area contributed by atoms with E-state index in [0.29, 0.717) is 0 Å². The van der Waals surface area contributed by atoms with E-state index in [0.717, 1.165) is 36.4 Å². The third-order valence-corrected chi connectivity index (χ3v) is 6.81. The standard InChI is InChI=1S/3C10H7F3O2.Al/c3*11-10(12,13)9(15)6-8(14)7-4-2-1-3-5-7;/h3*1-6,15H;/q;;;+3/p-3/b3*9-6-;. The first-order chi connectivity index (χ1) is 21.4. The van der Waals surface area contributed by atoms with Crippen LogP contribution in [0.4, 0.5) is 39.5 Å². The second-order valence-corrected chi connectivity index (χ2v) is 10.1. The molecule has 0 aromatic heterocycles. The maximum Gasteiger partial charge on any atom is 1.20 e. The Balaban J connectivity index is 2.12. The summed E-state index contributed by atoms with van der Waals surface area (Å²) in [5.41, 5.74) is -1.04. The Kier molecular flexibility index (Phi) is 11.6. The SMILES string of the molecule is O=C(/C=C(\[O][Al]([O]/C(=C\C(=O)c1ccccc1)C(F)(F)F)[O]/C(=C\C(=O)c1ccccc1)C(F)(F)F)C(F)(F)F)c1ccccc1. The Bertz CT molecular complexity index is 1420. The normalized spacial score (nSPS) is 13.1. The quantitative estimate of drug-likeness (QED) is 0.0638. The number of hydrogen-bond donors (Lipinski definition) is 0. The van der Waals surface area contributed by atoms with Crippen LogP contribution < -0.4 is 0 Å². The van der Waals surface area contributed by atoms with Crippen LogP contribution in [0.2, 0.25) is 0 Å². The Morgan fingerprint density at radius 2 is 0.652 bits per heavy atom. The highest BCUT2D eigenvalue weighted by molar-refractivity contribution is 6.38. The minimum Gasteiger partial charge on any atom is -0.574 e. The van der Waals surface area contributed by atoms with Crippen LogP contribution in [0.5, 0.6) is 0 Å². The molecule has 0 unspecified atom stereocenters. The van der Waals surface area contributed by atoms with Gasteiger partial charge in [-0.3, -0.25) is 14.4 Å². The number of benzene rings is 3. The van der Waals surface area contributed by atoms with Gasteiger partial charge in [0.15, 0.2) is 34.6 Å². The molecule has 0 bridgehead atoms. The Morgan fingerprint density at radius 3 is 0.848 bits per heavy atom. The predicted molar refractivity (Wildman–Crippen MR) is 144 cm³/mol. The first-order valence-corrected chi connectivity index (χ1v) is 14.0. The largest absolute Gasteiger partial charge is 1.20 e. The highest BCUT2D eigenvalue weighted by Gasteiger charge is 2.56. The molecule has 0 amide bonds. The van der Waals surface area contributed by atoms with Crippen molar-refractivity contribution in [1.29, 1.82) is 0 Å². The number of carbonyl (C=O) groups is 3. The van der Waals surface area contributed by atoms with Gasteiger partial charge >= 0.3 is 33.7 Å². The van der Waals surface area contributed by atoms with Crippen molar-refractivity contribution in [3.63, 3.8) is 0 Å². The third kappa shape index (κ3) is 10.7. The molecule has 0 radical (unpaired) electrons. The van der Waals surface area contributed by atoms with Gasteiger partial charge in [-0.1, -0.05) is 91.0 Å². The van der Waals surface area contributed by atoms with Crippen molar-refractivity contribution in [2.24, 2.45) is 0 Å². The number of rotatable bonds is 12. The van der Waals surface area contributed by atoms with E-state index in [1.165, 1.54) is 54.6 Å². The minimum atomic E-state index is -5.67. The fourth-order valence-corrected chi connectivity index (χ4v) is 4.72. The predicted octanol–water partition coefficient (Wildman–Crippen LogP) is 8.01. The molecular weight excluding hydrogens is 654 g/mol.